The fourth-order valence-corrected chi connectivity index (χ4v) is 1.95. The lowest BCUT2D eigenvalue weighted by molar-refractivity contribution is 0.0486. The zero-order chi connectivity index (χ0) is 12.8. The first-order valence-corrected chi connectivity index (χ1v) is 5.76. The molecule has 0 saturated heterocycles. The standard InChI is InChI=1S/C13H20FNO2/c1-5-17-9(2)13(15-3)11-8-10(14)6-7-12(11)16-4/h6-9,13,15H,5H2,1-4H3. The van der Waals surface area contributed by atoms with Gasteiger partial charge in [0.1, 0.15) is 11.6 Å². The molecule has 0 aliphatic heterocycles. The molecule has 1 N–H and O–H groups in total. The van der Waals surface area contributed by atoms with E-state index in [1.54, 1.807) is 13.2 Å². The van der Waals surface area contributed by atoms with Crippen LogP contribution in [0.5, 0.6) is 5.75 Å². The van der Waals surface area contributed by atoms with Gasteiger partial charge in [-0.1, -0.05) is 0 Å². The van der Waals surface area contributed by atoms with Crippen LogP contribution in [-0.2, 0) is 4.74 Å². The number of benzene rings is 1. The van der Waals surface area contributed by atoms with Gasteiger partial charge in [0, 0.05) is 12.2 Å². The fourth-order valence-electron chi connectivity index (χ4n) is 1.95. The van der Waals surface area contributed by atoms with E-state index in [1.165, 1.54) is 12.1 Å². The second kappa shape index (κ2) is 6.57. The lowest BCUT2D eigenvalue weighted by atomic mass is 10.0. The Morgan fingerprint density at radius 2 is 2.12 bits per heavy atom. The summed E-state index contributed by atoms with van der Waals surface area (Å²) < 4.78 is 24.1. The summed E-state index contributed by atoms with van der Waals surface area (Å²) in [7, 11) is 3.40. The van der Waals surface area contributed by atoms with Crippen LogP contribution in [0.3, 0.4) is 0 Å². The van der Waals surface area contributed by atoms with Gasteiger partial charge >= 0.3 is 0 Å². The van der Waals surface area contributed by atoms with Gasteiger partial charge in [-0.05, 0) is 39.1 Å². The summed E-state index contributed by atoms with van der Waals surface area (Å²) in [5.74, 6) is 0.391. The zero-order valence-electron chi connectivity index (χ0n) is 10.8. The number of nitrogens with one attached hydrogen (secondary N) is 1. The first kappa shape index (κ1) is 13.9. The highest BCUT2D eigenvalue weighted by Crippen LogP contribution is 2.29. The number of methoxy groups -OCH3 is 1. The molecule has 0 saturated carbocycles. The van der Waals surface area contributed by atoms with Crippen LogP contribution in [0.1, 0.15) is 25.5 Å². The normalized spacial score (nSPS) is 14.4. The van der Waals surface area contributed by atoms with Crippen molar-refractivity contribution in [1.29, 1.82) is 0 Å². The van der Waals surface area contributed by atoms with Crippen molar-refractivity contribution in [2.24, 2.45) is 0 Å². The summed E-state index contributed by atoms with van der Waals surface area (Å²) >= 11 is 0. The molecule has 0 fully saturated rings. The Hall–Kier alpha value is -1.13. The molecule has 0 aromatic heterocycles. The van der Waals surface area contributed by atoms with E-state index in [9.17, 15) is 4.39 Å². The van der Waals surface area contributed by atoms with Crippen molar-refractivity contribution < 1.29 is 13.9 Å². The van der Waals surface area contributed by atoms with Crippen molar-refractivity contribution in [1.82, 2.24) is 5.32 Å². The van der Waals surface area contributed by atoms with Crippen molar-refractivity contribution in [2.45, 2.75) is 26.0 Å². The highest BCUT2D eigenvalue weighted by Gasteiger charge is 2.21. The van der Waals surface area contributed by atoms with E-state index in [4.69, 9.17) is 9.47 Å². The SMILES string of the molecule is CCOC(C)C(NC)c1cc(F)ccc1OC. The summed E-state index contributed by atoms with van der Waals surface area (Å²) in [4.78, 5) is 0. The Balaban J connectivity index is 3.05. The van der Waals surface area contributed by atoms with Crippen LogP contribution in [0.4, 0.5) is 4.39 Å². The van der Waals surface area contributed by atoms with Gasteiger partial charge in [0.05, 0.1) is 19.3 Å². The Bertz CT molecular complexity index is 357. The third-order valence-corrected chi connectivity index (χ3v) is 2.74. The molecule has 2 atom stereocenters. The molecule has 96 valence electrons. The fraction of sp³-hybridized carbons (Fsp3) is 0.538. The number of ether oxygens (including phenoxy) is 2. The van der Waals surface area contributed by atoms with Gasteiger partial charge in [-0.2, -0.15) is 0 Å². The Morgan fingerprint density at radius 3 is 2.65 bits per heavy atom. The number of hydrogen-bond donors (Lipinski definition) is 1. The molecular weight excluding hydrogens is 221 g/mol. The number of likely N-dealkylation sites (N-methyl/N-ethyl adjacent to an activating group) is 1. The van der Waals surface area contributed by atoms with Crippen LogP contribution in [0.15, 0.2) is 18.2 Å². The molecule has 17 heavy (non-hydrogen) atoms. The van der Waals surface area contributed by atoms with E-state index in [1.807, 2.05) is 20.9 Å². The predicted molar refractivity (Wildman–Crippen MR) is 65.8 cm³/mol. The summed E-state index contributed by atoms with van der Waals surface area (Å²) in [6.07, 6.45) is -0.0549. The smallest absolute Gasteiger partial charge is 0.123 e. The Morgan fingerprint density at radius 1 is 1.41 bits per heavy atom. The first-order valence-electron chi connectivity index (χ1n) is 5.76. The van der Waals surface area contributed by atoms with Gasteiger partial charge in [0.2, 0.25) is 0 Å². The van der Waals surface area contributed by atoms with E-state index < -0.39 is 0 Å². The second-order valence-corrected chi connectivity index (χ2v) is 3.81. The highest BCUT2D eigenvalue weighted by atomic mass is 19.1. The Labute approximate surface area is 102 Å². The molecule has 0 bridgehead atoms. The van der Waals surface area contributed by atoms with Gasteiger partial charge < -0.3 is 14.8 Å². The average Bonchev–Trinajstić information content (AvgIpc) is 2.31. The van der Waals surface area contributed by atoms with Crippen molar-refractivity contribution in [3.63, 3.8) is 0 Å². The lowest BCUT2D eigenvalue weighted by Crippen LogP contribution is -2.30. The maximum absolute atomic E-state index is 13.3. The van der Waals surface area contributed by atoms with E-state index in [2.05, 4.69) is 5.32 Å². The summed E-state index contributed by atoms with van der Waals surface area (Å²) in [5.41, 5.74) is 0.774. The summed E-state index contributed by atoms with van der Waals surface area (Å²) in [6.45, 7) is 4.51. The minimum atomic E-state index is -0.273. The van der Waals surface area contributed by atoms with Crippen molar-refractivity contribution in [2.75, 3.05) is 20.8 Å². The van der Waals surface area contributed by atoms with Crippen molar-refractivity contribution >= 4 is 0 Å². The van der Waals surface area contributed by atoms with E-state index in [0.29, 0.717) is 12.4 Å². The monoisotopic (exact) mass is 241 g/mol. The Kier molecular flexibility index (Phi) is 5.38. The minimum absolute atomic E-state index is 0.0549. The van der Waals surface area contributed by atoms with Gasteiger partial charge in [-0.15, -0.1) is 0 Å². The molecular formula is C13H20FNO2. The van der Waals surface area contributed by atoms with Crippen LogP contribution < -0.4 is 10.1 Å². The maximum Gasteiger partial charge on any atom is 0.123 e. The van der Waals surface area contributed by atoms with Crippen molar-refractivity contribution in [3.8, 4) is 5.75 Å². The van der Waals surface area contributed by atoms with Crippen LogP contribution in [0.25, 0.3) is 0 Å². The van der Waals surface area contributed by atoms with Crippen LogP contribution in [0, 0.1) is 5.82 Å². The molecule has 0 heterocycles. The summed E-state index contributed by atoms with van der Waals surface area (Å²) in [6, 6.07) is 4.41. The number of rotatable bonds is 6. The molecule has 0 radical (unpaired) electrons. The van der Waals surface area contributed by atoms with Crippen LogP contribution in [-0.4, -0.2) is 26.9 Å². The molecule has 2 unspecified atom stereocenters. The first-order chi connectivity index (χ1) is 8.13. The van der Waals surface area contributed by atoms with E-state index >= 15 is 0 Å². The molecule has 0 spiro atoms. The third kappa shape index (κ3) is 3.41. The molecule has 0 aliphatic carbocycles. The van der Waals surface area contributed by atoms with Gasteiger partial charge in [0.15, 0.2) is 0 Å². The molecule has 4 heteroatoms. The highest BCUT2D eigenvalue weighted by molar-refractivity contribution is 5.37. The van der Waals surface area contributed by atoms with Crippen LogP contribution in [0.2, 0.25) is 0 Å². The lowest BCUT2D eigenvalue weighted by Gasteiger charge is -2.25. The predicted octanol–water partition coefficient (Wildman–Crippen LogP) is 2.52. The van der Waals surface area contributed by atoms with E-state index in [-0.39, 0.29) is 18.0 Å². The van der Waals surface area contributed by atoms with Crippen LogP contribution >= 0.6 is 0 Å². The minimum Gasteiger partial charge on any atom is -0.496 e. The largest absolute Gasteiger partial charge is 0.496 e. The quantitative estimate of drug-likeness (QED) is 0.830. The van der Waals surface area contributed by atoms with Gasteiger partial charge in [0.25, 0.3) is 0 Å². The molecule has 3 nitrogen and oxygen atoms in total. The number of hydrogen-bond acceptors (Lipinski definition) is 3. The molecule has 1 aromatic rings. The molecule has 0 aliphatic rings. The molecule has 0 amide bonds. The third-order valence-electron chi connectivity index (χ3n) is 2.74. The average molecular weight is 241 g/mol. The molecule has 1 rings (SSSR count). The zero-order valence-corrected chi connectivity index (χ0v) is 10.8. The van der Waals surface area contributed by atoms with Gasteiger partial charge in [-0.3, -0.25) is 0 Å². The van der Waals surface area contributed by atoms with Crippen molar-refractivity contribution in [3.05, 3.63) is 29.6 Å². The summed E-state index contributed by atoms with van der Waals surface area (Å²) in [5, 5.41) is 3.13. The topological polar surface area (TPSA) is 30.5 Å². The second-order valence-electron chi connectivity index (χ2n) is 3.81. The molecule has 1 aromatic carbocycles. The van der Waals surface area contributed by atoms with Gasteiger partial charge in [-0.25, -0.2) is 4.39 Å². The number of halogens is 1. The van der Waals surface area contributed by atoms with E-state index in [0.717, 1.165) is 5.56 Å². The maximum atomic E-state index is 13.3.